The fraction of sp³-hybridized carbons (Fsp3) is 0.926. The number of fused-ring (bicyclic) bond motifs is 5. The lowest BCUT2D eigenvalue weighted by Crippen LogP contribution is -2.53. The van der Waals surface area contributed by atoms with E-state index in [2.05, 4.69) is 20.8 Å². The largest absolute Gasteiger partial charge is 0.378 e. The zero-order chi connectivity index (χ0) is 22.7. The summed E-state index contributed by atoms with van der Waals surface area (Å²) in [4.78, 5) is 0. The number of hydrogen-bond donors (Lipinski definition) is 4. The molecule has 0 heterocycles. The topological polar surface area (TPSA) is 80.9 Å². The molecule has 0 bridgehead atoms. The predicted octanol–water partition coefficient (Wildman–Crippen LogP) is 5.00. The van der Waals surface area contributed by atoms with E-state index in [0.29, 0.717) is 22.7 Å². The van der Waals surface area contributed by atoms with Crippen LogP contribution in [0.15, 0.2) is 12.2 Å². The first-order valence-electron chi connectivity index (χ1n) is 13.0. The van der Waals surface area contributed by atoms with Gasteiger partial charge in [0.2, 0.25) is 0 Å². The van der Waals surface area contributed by atoms with E-state index in [1.165, 1.54) is 77.2 Å². The van der Waals surface area contributed by atoms with E-state index in [0.717, 1.165) is 30.1 Å². The van der Waals surface area contributed by atoms with Crippen LogP contribution in [0.5, 0.6) is 0 Å². The van der Waals surface area contributed by atoms with E-state index in [4.69, 9.17) is 0 Å². The Bertz CT molecular complexity index is 679. The van der Waals surface area contributed by atoms with E-state index >= 15 is 0 Å². The molecule has 9 atom stereocenters. The summed E-state index contributed by atoms with van der Waals surface area (Å²) in [5.74, 6) is 1.69. The van der Waals surface area contributed by atoms with E-state index in [-0.39, 0.29) is 0 Å². The van der Waals surface area contributed by atoms with Gasteiger partial charge in [-0.15, -0.1) is 0 Å². The van der Waals surface area contributed by atoms with Gasteiger partial charge in [-0.2, -0.15) is 0 Å². The molecule has 4 saturated carbocycles. The summed E-state index contributed by atoms with van der Waals surface area (Å²) >= 11 is 0. The zero-order valence-electron chi connectivity index (χ0n) is 20.2. The molecular weight excluding hydrogens is 388 g/mol. The molecule has 0 saturated heterocycles. The first-order chi connectivity index (χ1) is 14.4. The zero-order valence-corrected chi connectivity index (χ0v) is 20.2. The summed E-state index contributed by atoms with van der Waals surface area (Å²) < 4.78 is 0. The maximum Gasteiger partial charge on any atom is 0.309 e. The van der Waals surface area contributed by atoms with Crippen molar-refractivity contribution in [2.45, 2.75) is 110 Å². The molecular formula is C27H46O4. The molecule has 4 N–H and O–H groups in total. The van der Waals surface area contributed by atoms with Crippen LogP contribution in [0.4, 0.5) is 0 Å². The molecule has 1 unspecified atom stereocenters. The highest BCUT2D eigenvalue weighted by molar-refractivity contribution is 5.10. The molecule has 0 radical (unpaired) electrons. The van der Waals surface area contributed by atoms with Crippen molar-refractivity contribution in [3.63, 3.8) is 0 Å². The van der Waals surface area contributed by atoms with Gasteiger partial charge >= 0.3 is 5.97 Å². The molecule has 178 valence electrons. The minimum Gasteiger partial charge on any atom is -0.378 e. The molecule has 0 spiro atoms. The monoisotopic (exact) mass is 434 g/mol. The molecule has 4 nitrogen and oxygen atoms in total. The minimum atomic E-state index is -3.12. The standard InChI is InChI=1S/C27H46O4/c1-18(8-7-16-26(4,28)27(29,30)31)21-12-13-22-20-11-10-19-9-5-6-15-24(19,2)23(20)14-17-25(21,22)3/h7,16,18-23,28-31H,5-6,8-15,17H2,1-4H3/t18-,19+,20+,21-,22+,23+,24+,25-,26?/m1/s1. The lowest BCUT2D eigenvalue weighted by molar-refractivity contribution is -0.374. The predicted molar refractivity (Wildman–Crippen MR) is 123 cm³/mol. The molecule has 4 fully saturated rings. The molecule has 0 aromatic rings. The Hall–Kier alpha value is -0.420. The SMILES string of the molecule is C[C@H](CC=CC(C)(O)C(O)(O)O)[C@H]1CC[C@H]2[C@@H]3CC[C@@H]4CCCC[C@]4(C)[C@H]3CC[C@]12C. The van der Waals surface area contributed by atoms with Crippen molar-refractivity contribution in [2.24, 2.45) is 46.3 Å². The number of hydrogen-bond acceptors (Lipinski definition) is 4. The third-order valence-electron chi connectivity index (χ3n) is 11.0. The lowest BCUT2D eigenvalue weighted by atomic mass is 9.44. The van der Waals surface area contributed by atoms with E-state index in [1.807, 2.05) is 6.08 Å². The van der Waals surface area contributed by atoms with Crippen LogP contribution < -0.4 is 0 Å². The second kappa shape index (κ2) is 8.11. The van der Waals surface area contributed by atoms with Crippen LogP contribution in [0.25, 0.3) is 0 Å². The molecule has 0 aliphatic heterocycles. The Morgan fingerprint density at radius 2 is 1.58 bits per heavy atom. The average molecular weight is 435 g/mol. The fourth-order valence-electron chi connectivity index (χ4n) is 9.06. The number of rotatable bonds is 5. The van der Waals surface area contributed by atoms with Crippen LogP contribution >= 0.6 is 0 Å². The van der Waals surface area contributed by atoms with Crippen LogP contribution in [-0.2, 0) is 0 Å². The van der Waals surface area contributed by atoms with Crippen molar-refractivity contribution in [3.05, 3.63) is 12.2 Å². The molecule has 4 aliphatic carbocycles. The molecule has 4 rings (SSSR count). The van der Waals surface area contributed by atoms with Gasteiger partial charge in [0.15, 0.2) is 5.60 Å². The van der Waals surface area contributed by atoms with E-state index in [9.17, 15) is 20.4 Å². The average Bonchev–Trinajstić information content (AvgIpc) is 3.03. The summed E-state index contributed by atoms with van der Waals surface area (Å²) in [5, 5.41) is 38.1. The number of aliphatic hydroxyl groups is 4. The summed E-state index contributed by atoms with van der Waals surface area (Å²) in [6.45, 7) is 8.74. The van der Waals surface area contributed by atoms with Crippen LogP contribution in [0.2, 0.25) is 0 Å². The second-order valence-electron chi connectivity index (χ2n) is 12.5. The van der Waals surface area contributed by atoms with Crippen molar-refractivity contribution in [2.75, 3.05) is 0 Å². The summed E-state index contributed by atoms with van der Waals surface area (Å²) in [5.41, 5.74) is -1.07. The van der Waals surface area contributed by atoms with Gasteiger partial charge in [0.25, 0.3) is 0 Å². The van der Waals surface area contributed by atoms with Gasteiger partial charge in [-0.1, -0.05) is 39.7 Å². The molecule has 4 aliphatic rings. The van der Waals surface area contributed by atoms with Crippen LogP contribution in [0.1, 0.15) is 98.3 Å². The Morgan fingerprint density at radius 1 is 0.871 bits per heavy atom. The highest BCUT2D eigenvalue weighted by Crippen LogP contribution is 2.68. The van der Waals surface area contributed by atoms with Crippen molar-refractivity contribution < 1.29 is 20.4 Å². The third-order valence-corrected chi connectivity index (χ3v) is 11.0. The minimum absolute atomic E-state index is 0.406. The Balaban J connectivity index is 1.45. The van der Waals surface area contributed by atoms with Crippen LogP contribution in [-0.4, -0.2) is 32.0 Å². The van der Waals surface area contributed by atoms with Crippen molar-refractivity contribution in [1.29, 1.82) is 0 Å². The van der Waals surface area contributed by atoms with E-state index in [1.54, 1.807) is 0 Å². The highest BCUT2D eigenvalue weighted by atomic mass is 16.7. The smallest absolute Gasteiger partial charge is 0.309 e. The van der Waals surface area contributed by atoms with E-state index < -0.39 is 11.6 Å². The van der Waals surface area contributed by atoms with Gasteiger partial charge < -0.3 is 20.4 Å². The van der Waals surface area contributed by atoms with Crippen LogP contribution in [0.3, 0.4) is 0 Å². The maximum atomic E-state index is 10.1. The van der Waals surface area contributed by atoms with Gasteiger partial charge in [0, 0.05) is 0 Å². The maximum absolute atomic E-state index is 10.1. The van der Waals surface area contributed by atoms with Gasteiger partial charge in [-0.25, -0.2) is 0 Å². The Morgan fingerprint density at radius 3 is 2.29 bits per heavy atom. The molecule has 31 heavy (non-hydrogen) atoms. The fourth-order valence-corrected chi connectivity index (χ4v) is 9.06. The summed E-state index contributed by atoms with van der Waals surface area (Å²) in [6.07, 6.45) is 18.0. The molecule has 4 heteroatoms. The third kappa shape index (κ3) is 3.94. The quantitative estimate of drug-likeness (QED) is 0.363. The van der Waals surface area contributed by atoms with Gasteiger partial charge in [0.05, 0.1) is 0 Å². The Labute approximate surface area is 189 Å². The van der Waals surface area contributed by atoms with Crippen molar-refractivity contribution in [3.8, 4) is 0 Å². The molecule has 0 amide bonds. The van der Waals surface area contributed by atoms with Gasteiger partial charge in [0.1, 0.15) is 0 Å². The van der Waals surface area contributed by atoms with Gasteiger partial charge in [-0.05, 0) is 117 Å². The highest BCUT2D eigenvalue weighted by Gasteiger charge is 2.60. The van der Waals surface area contributed by atoms with Crippen molar-refractivity contribution in [1.82, 2.24) is 0 Å². The second-order valence-corrected chi connectivity index (χ2v) is 12.5. The Kier molecular flexibility index (Phi) is 6.21. The number of allylic oxidation sites excluding steroid dienone is 1. The summed E-state index contributed by atoms with van der Waals surface area (Å²) in [7, 11) is 0. The first kappa shape index (κ1) is 23.7. The first-order valence-corrected chi connectivity index (χ1v) is 13.0. The lowest BCUT2D eigenvalue weighted by Gasteiger charge is -2.61. The van der Waals surface area contributed by atoms with Gasteiger partial charge in [-0.3, -0.25) is 0 Å². The van der Waals surface area contributed by atoms with Crippen molar-refractivity contribution >= 4 is 0 Å². The normalized spacial score (nSPS) is 46.1. The molecule has 0 aromatic heterocycles. The summed E-state index contributed by atoms with van der Waals surface area (Å²) in [6, 6.07) is 0. The molecule has 0 aromatic carbocycles. The van der Waals surface area contributed by atoms with Crippen LogP contribution in [0, 0.1) is 46.3 Å².